The molecule has 174 valence electrons. The van der Waals surface area contributed by atoms with Gasteiger partial charge in [0.25, 0.3) is 0 Å². The smallest absolute Gasteiger partial charge is 0.249 e. The van der Waals surface area contributed by atoms with Crippen LogP contribution in [-0.2, 0) is 22.6 Å². The van der Waals surface area contributed by atoms with Gasteiger partial charge in [0.05, 0.1) is 39.3 Å². The van der Waals surface area contributed by atoms with E-state index in [-0.39, 0.29) is 18.4 Å². The standard InChI is InChI=1S/C25H23Cl2N5O2/c1-16-8-9-18(13-28-16)31(2)25(34)22(10-17-6-4-3-5-7-17)30-24(33)14-32-15-29-21-11-19(26)20(27)12-23(21)32/h3-9,11-13,15,22H,10,14H2,1-2H3,(H,30,33)/t22-/m0/s1. The molecule has 4 rings (SSSR count). The predicted molar refractivity (Wildman–Crippen MR) is 134 cm³/mol. The van der Waals surface area contributed by atoms with Crippen LogP contribution < -0.4 is 10.2 Å². The summed E-state index contributed by atoms with van der Waals surface area (Å²) in [5.74, 6) is -0.566. The lowest BCUT2D eigenvalue weighted by atomic mass is 10.0. The molecule has 2 amide bonds. The summed E-state index contributed by atoms with van der Waals surface area (Å²) in [6.07, 6.45) is 3.54. The zero-order valence-electron chi connectivity index (χ0n) is 18.7. The number of carbonyl (C=O) groups is 2. The third-order valence-electron chi connectivity index (χ3n) is 5.51. The van der Waals surface area contributed by atoms with Crippen molar-refractivity contribution in [3.05, 3.63) is 88.4 Å². The number of rotatable bonds is 7. The third kappa shape index (κ3) is 5.38. The lowest BCUT2D eigenvalue weighted by Crippen LogP contribution is -2.49. The molecule has 2 heterocycles. The molecule has 4 aromatic rings. The fourth-order valence-electron chi connectivity index (χ4n) is 3.64. The van der Waals surface area contributed by atoms with Gasteiger partial charge in [-0.3, -0.25) is 14.6 Å². The van der Waals surface area contributed by atoms with Crippen LogP contribution in [0.1, 0.15) is 11.3 Å². The number of benzene rings is 2. The molecule has 0 saturated carbocycles. The van der Waals surface area contributed by atoms with Gasteiger partial charge in [-0.25, -0.2) is 4.98 Å². The molecule has 1 atom stereocenters. The minimum absolute atomic E-state index is 0.0250. The van der Waals surface area contributed by atoms with E-state index in [4.69, 9.17) is 23.2 Å². The van der Waals surface area contributed by atoms with Gasteiger partial charge in [0.2, 0.25) is 11.8 Å². The van der Waals surface area contributed by atoms with E-state index in [1.807, 2.05) is 49.4 Å². The first-order valence-corrected chi connectivity index (χ1v) is 11.4. The molecule has 9 heteroatoms. The van der Waals surface area contributed by atoms with E-state index < -0.39 is 6.04 Å². The van der Waals surface area contributed by atoms with Crippen LogP contribution in [0.4, 0.5) is 5.69 Å². The number of halogens is 2. The van der Waals surface area contributed by atoms with Crippen LogP contribution in [0, 0.1) is 6.92 Å². The Balaban J connectivity index is 1.55. The Bertz CT molecular complexity index is 1320. The van der Waals surface area contributed by atoms with Crippen LogP contribution in [0.3, 0.4) is 0 Å². The summed E-state index contributed by atoms with van der Waals surface area (Å²) in [6.45, 7) is 1.85. The highest BCUT2D eigenvalue weighted by Crippen LogP contribution is 2.27. The minimum atomic E-state index is -0.769. The van der Waals surface area contributed by atoms with Crippen LogP contribution in [0.5, 0.6) is 0 Å². The number of amides is 2. The van der Waals surface area contributed by atoms with E-state index in [9.17, 15) is 9.59 Å². The van der Waals surface area contributed by atoms with Crippen molar-refractivity contribution in [1.82, 2.24) is 19.9 Å². The fourth-order valence-corrected chi connectivity index (χ4v) is 3.96. The molecule has 0 spiro atoms. The lowest BCUT2D eigenvalue weighted by Gasteiger charge is -2.25. The van der Waals surface area contributed by atoms with E-state index >= 15 is 0 Å². The van der Waals surface area contributed by atoms with Crippen molar-refractivity contribution in [3.63, 3.8) is 0 Å². The SMILES string of the molecule is Cc1ccc(N(C)C(=O)[C@H](Cc2ccccc2)NC(=O)Cn2cnc3cc(Cl)c(Cl)cc32)cn1. The van der Waals surface area contributed by atoms with Crippen molar-refractivity contribution < 1.29 is 9.59 Å². The average Bonchev–Trinajstić information content (AvgIpc) is 3.20. The monoisotopic (exact) mass is 495 g/mol. The van der Waals surface area contributed by atoms with Crippen molar-refractivity contribution in [3.8, 4) is 0 Å². The Hall–Kier alpha value is -3.42. The molecule has 0 aliphatic heterocycles. The minimum Gasteiger partial charge on any atom is -0.342 e. The van der Waals surface area contributed by atoms with Crippen molar-refractivity contribution in [2.75, 3.05) is 11.9 Å². The third-order valence-corrected chi connectivity index (χ3v) is 6.23. The number of aryl methyl sites for hydroxylation is 1. The second-order valence-corrected chi connectivity index (χ2v) is 8.81. The molecular formula is C25H23Cl2N5O2. The number of nitrogens with one attached hydrogen (secondary N) is 1. The summed E-state index contributed by atoms with van der Waals surface area (Å²) in [4.78, 5) is 36.5. The van der Waals surface area contributed by atoms with Crippen LogP contribution in [0.15, 0.2) is 67.1 Å². The van der Waals surface area contributed by atoms with Crippen molar-refractivity contribution in [2.24, 2.45) is 0 Å². The number of imidazole rings is 1. The highest BCUT2D eigenvalue weighted by atomic mass is 35.5. The van der Waals surface area contributed by atoms with Crippen LogP contribution >= 0.6 is 23.2 Å². The summed E-state index contributed by atoms with van der Waals surface area (Å²) in [5.41, 5.74) is 3.75. The maximum Gasteiger partial charge on any atom is 0.249 e. The molecule has 0 bridgehead atoms. The highest BCUT2D eigenvalue weighted by Gasteiger charge is 2.26. The van der Waals surface area contributed by atoms with Gasteiger partial charge in [-0.15, -0.1) is 0 Å². The lowest BCUT2D eigenvalue weighted by molar-refractivity contribution is -0.127. The second-order valence-electron chi connectivity index (χ2n) is 7.99. The summed E-state index contributed by atoms with van der Waals surface area (Å²) in [6, 6.07) is 15.8. The van der Waals surface area contributed by atoms with Gasteiger partial charge in [-0.05, 0) is 36.8 Å². The molecule has 0 radical (unpaired) electrons. The van der Waals surface area contributed by atoms with Gasteiger partial charge in [-0.2, -0.15) is 0 Å². The molecule has 2 aromatic heterocycles. The van der Waals surface area contributed by atoms with Gasteiger partial charge in [-0.1, -0.05) is 53.5 Å². The van der Waals surface area contributed by atoms with Crippen LogP contribution in [-0.4, -0.2) is 39.4 Å². The molecule has 0 fully saturated rings. The van der Waals surface area contributed by atoms with Gasteiger partial charge in [0, 0.05) is 19.2 Å². The maximum atomic E-state index is 13.4. The van der Waals surface area contributed by atoms with Gasteiger partial charge >= 0.3 is 0 Å². The molecule has 7 nitrogen and oxygen atoms in total. The normalized spacial score (nSPS) is 11.9. The first kappa shape index (κ1) is 23.7. The number of carbonyl (C=O) groups excluding carboxylic acids is 2. The molecule has 0 saturated heterocycles. The number of likely N-dealkylation sites (N-methyl/N-ethyl adjacent to an activating group) is 1. The van der Waals surface area contributed by atoms with E-state index in [2.05, 4.69) is 15.3 Å². The Morgan fingerprint density at radius 1 is 1.06 bits per heavy atom. The van der Waals surface area contributed by atoms with E-state index in [1.165, 1.54) is 4.90 Å². The van der Waals surface area contributed by atoms with Crippen molar-refractivity contribution in [1.29, 1.82) is 0 Å². The first-order chi connectivity index (χ1) is 16.3. The average molecular weight is 496 g/mol. The number of aromatic nitrogens is 3. The van der Waals surface area contributed by atoms with Gasteiger partial charge < -0.3 is 14.8 Å². The molecule has 0 aliphatic rings. The largest absolute Gasteiger partial charge is 0.342 e. The van der Waals surface area contributed by atoms with E-state index in [1.54, 1.807) is 36.3 Å². The van der Waals surface area contributed by atoms with Gasteiger partial charge in [0.1, 0.15) is 12.6 Å². The summed E-state index contributed by atoms with van der Waals surface area (Å²) < 4.78 is 1.67. The number of hydrogen-bond donors (Lipinski definition) is 1. The fraction of sp³-hybridized carbons (Fsp3) is 0.200. The van der Waals surface area contributed by atoms with Gasteiger partial charge in [0.15, 0.2) is 0 Å². The van der Waals surface area contributed by atoms with Crippen molar-refractivity contribution >= 4 is 51.7 Å². The molecule has 1 N–H and O–H groups in total. The highest BCUT2D eigenvalue weighted by molar-refractivity contribution is 6.42. The number of anilines is 1. The molecule has 0 aliphatic carbocycles. The second kappa shape index (κ2) is 10.2. The summed E-state index contributed by atoms with van der Waals surface area (Å²) in [5, 5.41) is 3.67. The number of pyridine rings is 1. The summed E-state index contributed by atoms with van der Waals surface area (Å²) in [7, 11) is 1.67. The number of fused-ring (bicyclic) bond motifs is 1. The van der Waals surface area contributed by atoms with Crippen LogP contribution in [0.25, 0.3) is 11.0 Å². The Morgan fingerprint density at radius 3 is 2.50 bits per heavy atom. The predicted octanol–water partition coefficient (Wildman–Crippen LogP) is 4.44. The van der Waals surface area contributed by atoms with Crippen molar-refractivity contribution in [2.45, 2.75) is 25.9 Å². The number of hydrogen-bond acceptors (Lipinski definition) is 4. The Morgan fingerprint density at radius 2 is 1.79 bits per heavy atom. The molecule has 0 unspecified atom stereocenters. The Kier molecular flexibility index (Phi) is 7.14. The van der Waals surface area contributed by atoms with E-state index in [0.29, 0.717) is 33.2 Å². The maximum absolute atomic E-state index is 13.4. The molecular weight excluding hydrogens is 473 g/mol. The first-order valence-electron chi connectivity index (χ1n) is 10.6. The van der Waals surface area contributed by atoms with Crippen LogP contribution in [0.2, 0.25) is 10.0 Å². The Labute approximate surface area is 207 Å². The molecule has 34 heavy (non-hydrogen) atoms. The summed E-state index contributed by atoms with van der Waals surface area (Å²) >= 11 is 12.2. The number of nitrogens with zero attached hydrogens (tertiary/aromatic N) is 4. The van der Waals surface area contributed by atoms with E-state index in [0.717, 1.165) is 11.3 Å². The zero-order valence-corrected chi connectivity index (χ0v) is 20.2. The topological polar surface area (TPSA) is 80.1 Å². The quantitative estimate of drug-likeness (QED) is 0.411. The zero-order chi connectivity index (χ0) is 24.2. The molecule has 2 aromatic carbocycles.